The monoisotopic (exact) mass is 528 g/mol. The molecule has 0 atom stereocenters. The Morgan fingerprint density at radius 1 is 0.500 bits per heavy atom. The van der Waals surface area contributed by atoms with Gasteiger partial charge in [0, 0.05) is 0 Å². The van der Waals surface area contributed by atoms with E-state index in [9.17, 15) is 0 Å². The molecule has 188 valence electrons. The van der Waals surface area contributed by atoms with Crippen molar-refractivity contribution in [3.05, 3.63) is 131 Å². The van der Waals surface area contributed by atoms with Crippen molar-refractivity contribution >= 4 is 25.4 Å². The van der Waals surface area contributed by atoms with Crippen molar-refractivity contribution in [2.45, 2.75) is 41.5 Å². The first-order valence-electron chi connectivity index (χ1n) is 13.2. The summed E-state index contributed by atoms with van der Waals surface area (Å²) in [6.45, 7) is 12.8. The van der Waals surface area contributed by atoms with Gasteiger partial charge < -0.3 is 0 Å². The third-order valence-electron chi connectivity index (χ3n) is 6.66. The summed E-state index contributed by atoms with van der Waals surface area (Å²) in [6, 6.07) is 39.3. The molecule has 0 aromatic heterocycles. The summed E-state index contributed by atoms with van der Waals surface area (Å²) in [4.78, 5) is 0. The Balaban J connectivity index is 0.000000156. The van der Waals surface area contributed by atoms with E-state index in [0.717, 1.165) is 0 Å². The van der Waals surface area contributed by atoms with Crippen LogP contribution in [-0.2, 0) is 20.0 Å². The zero-order chi connectivity index (χ0) is 27.2. The van der Waals surface area contributed by atoms with E-state index in [-0.39, 0.29) is 0 Å². The van der Waals surface area contributed by atoms with Gasteiger partial charge in [-0.15, -0.1) is 69.1 Å². The van der Waals surface area contributed by atoms with Crippen LogP contribution in [0.4, 0.5) is 0 Å². The number of fused-ring (bicyclic) bond motifs is 2. The topological polar surface area (TPSA) is 0 Å². The molecular formula is C37H36Ti. The Morgan fingerprint density at radius 3 is 1.21 bits per heavy atom. The molecule has 0 aliphatic heterocycles. The van der Waals surface area contributed by atoms with Gasteiger partial charge in [0.2, 0.25) is 0 Å². The number of rotatable bonds is 2. The molecule has 0 fully saturated rings. The van der Waals surface area contributed by atoms with E-state index < -0.39 is 0 Å². The first-order chi connectivity index (χ1) is 18.2. The minimum absolute atomic E-state index is 1.33. The standard InChI is InChI=1S/2C17H15.C3H6.Ti/c2*1-12-10-14-7-5-9-16(17(14)11-12)15-8-4-3-6-13(15)2;1-3-2;/h2*3-11H,1-2H3;1-2H3;/q2*-1;;+2. The zero-order valence-electron chi connectivity index (χ0n) is 23.4. The Labute approximate surface area is 239 Å². The van der Waals surface area contributed by atoms with Crippen LogP contribution in [-0.4, -0.2) is 3.81 Å². The third-order valence-corrected chi connectivity index (χ3v) is 6.66. The number of aryl methyl sites for hydroxylation is 4. The number of benzene rings is 4. The second-order valence-electron chi connectivity index (χ2n) is 10.3. The molecule has 0 aliphatic carbocycles. The van der Waals surface area contributed by atoms with E-state index >= 15 is 0 Å². The van der Waals surface area contributed by atoms with Gasteiger partial charge in [0.05, 0.1) is 0 Å². The van der Waals surface area contributed by atoms with Crippen LogP contribution in [0.1, 0.15) is 36.1 Å². The van der Waals surface area contributed by atoms with Gasteiger partial charge in [-0.2, -0.15) is 12.1 Å². The molecule has 0 unspecified atom stereocenters. The summed E-state index contributed by atoms with van der Waals surface area (Å²) < 4.78 is 1.42. The maximum Gasteiger partial charge on any atom is -0.0250 e. The van der Waals surface area contributed by atoms with Gasteiger partial charge in [-0.1, -0.05) is 85.6 Å². The Bertz CT molecular complexity index is 1560. The maximum absolute atomic E-state index is 2.27. The molecule has 6 rings (SSSR count). The van der Waals surface area contributed by atoms with Gasteiger partial charge in [-0.3, -0.25) is 0 Å². The molecule has 6 aromatic carbocycles. The normalized spacial score (nSPS) is 10.5. The van der Waals surface area contributed by atoms with Crippen LogP contribution in [0.5, 0.6) is 0 Å². The molecule has 0 spiro atoms. The van der Waals surface area contributed by atoms with E-state index in [1.54, 1.807) is 0 Å². The van der Waals surface area contributed by atoms with Gasteiger partial charge in [0.1, 0.15) is 0 Å². The van der Waals surface area contributed by atoms with E-state index in [0.29, 0.717) is 0 Å². The molecule has 0 N–H and O–H groups in total. The molecule has 0 radical (unpaired) electrons. The maximum atomic E-state index is 2.27. The SMILES string of the molecule is C[C](C)=[Ti+2].Cc1cc2c(-c3ccccc3C)cccc2[cH-]1.Cc1cc2c(-c3ccccc3C)cccc2[cH-]1. The fraction of sp³-hybridized carbons (Fsp3) is 0.162. The summed E-state index contributed by atoms with van der Waals surface area (Å²) in [5.74, 6) is 0. The fourth-order valence-corrected chi connectivity index (χ4v) is 4.99. The van der Waals surface area contributed by atoms with Gasteiger partial charge in [0.25, 0.3) is 0 Å². The van der Waals surface area contributed by atoms with Gasteiger partial charge in [-0.05, 0) is 36.1 Å². The van der Waals surface area contributed by atoms with E-state index in [4.69, 9.17) is 0 Å². The van der Waals surface area contributed by atoms with Crippen LogP contribution < -0.4 is 0 Å². The van der Waals surface area contributed by atoms with Crippen LogP contribution in [0.3, 0.4) is 0 Å². The average Bonchev–Trinajstić information content (AvgIpc) is 3.45. The Morgan fingerprint density at radius 2 is 0.842 bits per heavy atom. The molecular weight excluding hydrogens is 492 g/mol. The smallest absolute Gasteiger partial charge is 0.0250 e. The van der Waals surface area contributed by atoms with E-state index in [1.807, 2.05) is 0 Å². The van der Waals surface area contributed by atoms with Crippen LogP contribution >= 0.6 is 0 Å². The number of hydrogen-bond donors (Lipinski definition) is 0. The predicted octanol–water partition coefficient (Wildman–Crippen LogP) is 10.4. The summed E-state index contributed by atoms with van der Waals surface area (Å²) >= 11 is 2.08. The Kier molecular flexibility index (Phi) is 9.11. The molecule has 0 nitrogen and oxygen atoms in total. The summed E-state index contributed by atoms with van der Waals surface area (Å²) in [6.07, 6.45) is 0. The fourth-order valence-electron chi connectivity index (χ4n) is 4.99. The van der Waals surface area contributed by atoms with Gasteiger partial charge in [0.15, 0.2) is 0 Å². The number of hydrogen-bond acceptors (Lipinski definition) is 0. The Hall–Kier alpha value is -3.32. The molecule has 38 heavy (non-hydrogen) atoms. The van der Waals surface area contributed by atoms with Crippen LogP contribution in [0, 0.1) is 27.7 Å². The second-order valence-corrected chi connectivity index (χ2v) is 11.9. The van der Waals surface area contributed by atoms with Gasteiger partial charge >= 0.3 is 37.6 Å². The summed E-state index contributed by atoms with van der Waals surface area (Å²) in [7, 11) is 0. The van der Waals surface area contributed by atoms with Crippen molar-refractivity contribution < 1.29 is 20.0 Å². The molecule has 6 aromatic rings. The average molecular weight is 529 g/mol. The predicted molar refractivity (Wildman–Crippen MR) is 165 cm³/mol. The molecule has 0 saturated carbocycles. The zero-order valence-corrected chi connectivity index (χ0v) is 25.0. The quantitative estimate of drug-likeness (QED) is 0.155. The molecule has 0 aliphatic rings. The van der Waals surface area contributed by atoms with Crippen molar-refractivity contribution in [2.75, 3.05) is 0 Å². The van der Waals surface area contributed by atoms with Crippen molar-refractivity contribution in [1.29, 1.82) is 0 Å². The first-order valence-corrected chi connectivity index (χ1v) is 14.0. The summed E-state index contributed by atoms with van der Waals surface area (Å²) in [5.41, 5.74) is 10.7. The van der Waals surface area contributed by atoms with Crippen LogP contribution in [0.15, 0.2) is 109 Å². The third kappa shape index (κ3) is 6.57. The van der Waals surface area contributed by atoms with E-state index in [2.05, 4.69) is 171 Å². The minimum Gasteiger partial charge on any atom is -0.165 e. The molecule has 1 heteroatoms. The molecule has 0 heterocycles. The van der Waals surface area contributed by atoms with Crippen molar-refractivity contribution in [3.63, 3.8) is 0 Å². The molecule has 0 saturated heterocycles. The molecule has 0 amide bonds. The molecule has 0 bridgehead atoms. The minimum atomic E-state index is 1.33. The van der Waals surface area contributed by atoms with Crippen molar-refractivity contribution in [2.24, 2.45) is 0 Å². The first kappa shape index (κ1) is 27.7. The van der Waals surface area contributed by atoms with Crippen molar-refractivity contribution in [1.82, 2.24) is 0 Å². The van der Waals surface area contributed by atoms with Crippen LogP contribution in [0.25, 0.3) is 43.8 Å². The second kappa shape index (κ2) is 12.5. The summed E-state index contributed by atoms with van der Waals surface area (Å²) in [5, 5.41) is 5.39. The van der Waals surface area contributed by atoms with Crippen molar-refractivity contribution in [3.8, 4) is 22.3 Å². The van der Waals surface area contributed by atoms with Crippen LogP contribution in [0.2, 0.25) is 0 Å². The van der Waals surface area contributed by atoms with Gasteiger partial charge in [-0.25, -0.2) is 0 Å². The largest absolute Gasteiger partial charge is 0.165 e. The van der Waals surface area contributed by atoms with E-state index in [1.165, 1.54) is 69.9 Å².